The first-order valence-corrected chi connectivity index (χ1v) is 9.99. The number of ether oxygens (including phenoxy) is 1. The van der Waals surface area contributed by atoms with E-state index in [9.17, 15) is 14.9 Å². The van der Waals surface area contributed by atoms with Gasteiger partial charge >= 0.3 is 0 Å². The summed E-state index contributed by atoms with van der Waals surface area (Å²) < 4.78 is 5.24. The largest absolute Gasteiger partial charge is 0.494 e. The first-order chi connectivity index (χ1) is 15.0. The number of hydrogen-bond acceptors (Lipinski definition) is 9. The number of carbonyl (C=O) groups is 1. The summed E-state index contributed by atoms with van der Waals surface area (Å²) in [7, 11) is 1.53. The minimum absolute atomic E-state index is 0.0324. The minimum atomic E-state index is -0.866. The van der Waals surface area contributed by atoms with Crippen molar-refractivity contribution >= 4 is 39.5 Å². The third-order valence-corrected chi connectivity index (χ3v) is 5.30. The summed E-state index contributed by atoms with van der Waals surface area (Å²) in [5.41, 5.74) is 2.05. The van der Waals surface area contributed by atoms with E-state index in [0.717, 1.165) is 0 Å². The number of carbonyl (C=O) groups excluding carboxylic acids is 1. The maximum atomic E-state index is 12.9. The monoisotopic (exact) mass is 436 g/mol. The number of hydrogen-bond donors (Lipinski definition) is 0. The highest BCUT2D eigenvalue weighted by molar-refractivity contribution is 7.14. The van der Waals surface area contributed by atoms with Crippen LogP contribution in [0.15, 0.2) is 69.2 Å². The maximum Gasteiger partial charge on any atom is 0.282 e. The van der Waals surface area contributed by atoms with Gasteiger partial charge in [-0.15, -0.1) is 11.3 Å². The van der Waals surface area contributed by atoms with Crippen molar-refractivity contribution in [3.05, 3.63) is 64.0 Å². The Hall–Kier alpha value is -3.99. The molecular formula is C20H16N6O4S. The van der Waals surface area contributed by atoms with Gasteiger partial charge in [0.2, 0.25) is 5.13 Å². The molecule has 2 heterocycles. The van der Waals surface area contributed by atoms with Gasteiger partial charge in [0.25, 0.3) is 11.6 Å². The Balaban J connectivity index is 1.56. The third kappa shape index (κ3) is 4.03. The molecule has 2 aromatic carbocycles. The van der Waals surface area contributed by atoms with Crippen LogP contribution in [0.4, 0.5) is 16.5 Å². The number of nitro benzene ring substituents is 1. The zero-order chi connectivity index (χ0) is 22.0. The summed E-state index contributed by atoms with van der Waals surface area (Å²) in [5, 5.41) is 26.9. The van der Waals surface area contributed by atoms with Gasteiger partial charge in [0, 0.05) is 23.1 Å². The van der Waals surface area contributed by atoms with Crippen molar-refractivity contribution in [3.63, 3.8) is 0 Å². The van der Waals surface area contributed by atoms with Crippen molar-refractivity contribution in [3.8, 4) is 17.0 Å². The fourth-order valence-corrected chi connectivity index (χ4v) is 3.72. The molecule has 0 saturated carbocycles. The van der Waals surface area contributed by atoms with Gasteiger partial charge in [0.15, 0.2) is 6.04 Å². The van der Waals surface area contributed by atoms with Crippen LogP contribution in [0.5, 0.6) is 5.75 Å². The molecule has 0 bridgehead atoms. The lowest BCUT2D eigenvalue weighted by Crippen LogP contribution is -2.29. The van der Waals surface area contributed by atoms with Gasteiger partial charge in [-0.05, 0) is 19.1 Å². The minimum Gasteiger partial charge on any atom is -0.494 e. The number of para-hydroxylation sites is 1. The Morgan fingerprint density at radius 1 is 1.23 bits per heavy atom. The fourth-order valence-electron chi connectivity index (χ4n) is 2.93. The molecular weight excluding hydrogens is 420 g/mol. The molecule has 0 saturated heterocycles. The molecule has 1 aliphatic heterocycles. The third-order valence-electron chi connectivity index (χ3n) is 4.49. The molecule has 156 valence electrons. The predicted molar refractivity (Wildman–Crippen MR) is 116 cm³/mol. The van der Waals surface area contributed by atoms with Crippen LogP contribution in [0, 0.1) is 10.1 Å². The highest BCUT2D eigenvalue weighted by Gasteiger charge is 2.36. The van der Waals surface area contributed by atoms with Gasteiger partial charge in [-0.1, -0.05) is 24.3 Å². The molecule has 0 aliphatic carbocycles. The molecule has 10 nitrogen and oxygen atoms in total. The summed E-state index contributed by atoms with van der Waals surface area (Å²) in [6.07, 6.45) is 0. The van der Waals surface area contributed by atoms with Crippen molar-refractivity contribution in [2.45, 2.75) is 13.0 Å². The van der Waals surface area contributed by atoms with E-state index in [0.29, 0.717) is 33.5 Å². The van der Waals surface area contributed by atoms with Crippen molar-refractivity contribution < 1.29 is 14.5 Å². The number of methoxy groups -OCH3 is 1. The molecule has 1 aromatic heterocycles. The first kappa shape index (κ1) is 20.3. The maximum absolute atomic E-state index is 12.9. The van der Waals surface area contributed by atoms with Crippen LogP contribution in [0.1, 0.15) is 6.92 Å². The first-order valence-electron chi connectivity index (χ1n) is 9.11. The molecule has 1 unspecified atom stereocenters. The van der Waals surface area contributed by atoms with Crippen LogP contribution in [0.25, 0.3) is 11.3 Å². The number of amides is 1. The number of hydrazone groups is 1. The zero-order valence-electron chi connectivity index (χ0n) is 16.5. The standard InChI is InChI=1S/C20H16N6O4S/c1-12-18(23-22-15-8-3-4-9-17(15)30-2)19(27)25(24-12)20-21-16(11-31-20)13-6-5-7-14(10-13)26(28)29/h3-11,18H,1-2H3. The van der Waals surface area contributed by atoms with Crippen LogP contribution in [-0.4, -0.2) is 34.7 Å². The van der Waals surface area contributed by atoms with Crippen molar-refractivity contribution in [1.82, 2.24) is 4.98 Å². The number of non-ortho nitro benzene ring substituents is 1. The Morgan fingerprint density at radius 2 is 2.03 bits per heavy atom. The molecule has 1 aliphatic rings. The van der Waals surface area contributed by atoms with E-state index < -0.39 is 11.0 Å². The van der Waals surface area contributed by atoms with Crippen LogP contribution in [0.2, 0.25) is 0 Å². The molecule has 0 N–H and O–H groups in total. The molecule has 0 radical (unpaired) electrons. The summed E-state index contributed by atoms with van der Waals surface area (Å²) in [6, 6.07) is 12.4. The second kappa shape index (κ2) is 8.40. The molecule has 1 amide bonds. The number of benzene rings is 2. The summed E-state index contributed by atoms with van der Waals surface area (Å²) in [5.74, 6) is 0.167. The molecule has 4 rings (SSSR count). The summed E-state index contributed by atoms with van der Waals surface area (Å²) >= 11 is 1.21. The van der Waals surface area contributed by atoms with Crippen molar-refractivity contribution in [2.75, 3.05) is 12.1 Å². The Kier molecular flexibility index (Phi) is 5.50. The van der Waals surface area contributed by atoms with Gasteiger partial charge in [0.1, 0.15) is 11.4 Å². The number of thiazole rings is 1. The number of azo groups is 1. The average Bonchev–Trinajstić information content (AvgIpc) is 3.37. The predicted octanol–water partition coefficient (Wildman–Crippen LogP) is 4.60. The van der Waals surface area contributed by atoms with Crippen LogP contribution >= 0.6 is 11.3 Å². The number of anilines is 1. The van der Waals surface area contributed by atoms with Crippen LogP contribution in [0.3, 0.4) is 0 Å². The van der Waals surface area contributed by atoms with E-state index in [1.807, 2.05) is 6.07 Å². The van der Waals surface area contributed by atoms with Gasteiger partial charge in [0.05, 0.1) is 23.4 Å². The quantitative estimate of drug-likeness (QED) is 0.317. The number of rotatable bonds is 6. The van der Waals surface area contributed by atoms with E-state index in [1.165, 1.54) is 35.6 Å². The summed E-state index contributed by atoms with van der Waals surface area (Å²) in [6.45, 7) is 1.69. The SMILES string of the molecule is COc1ccccc1N=NC1C(=O)N(c2nc(-c3cccc([N+](=O)[O-])c3)cs2)N=C1C. The number of nitro groups is 1. The van der Waals surface area contributed by atoms with Crippen LogP contribution in [-0.2, 0) is 4.79 Å². The molecule has 1 atom stereocenters. The van der Waals surface area contributed by atoms with E-state index >= 15 is 0 Å². The van der Waals surface area contributed by atoms with Gasteiger partial charge < -0.3 is 4.74 Å². The van der Waals surface area contributed by atoms with E-state index in [-0.39, 0.29) is 11.6 Å². The Labute approximate surface area is 180 Å². The lowest BCUT2D eigenvalue weighted by molar-refractivity contribution is -0.384. The smallest absolute Gasteiger partial charge is 0.282 e. The molecule has 11 heteroatoms. The lowest BCUT2D eigenvalue weighted by Gasteiger charge is -2.08. The van der Waals surface area contributed by atoms with E-state index in [1.54, 1.807) is 42.6 Å². The summed E-state index contributed by atoms with van der Waals surface area (Å²) in [4.78, 5) is 27.9. The normalized spacial score (nSPS) is 16.1. The molecule has 0 spiro atoms. The highest BCUT2D eigenvalue weighted by Crippen LogP contribution is 2.32. The Morgan fingerprint density at radius 3 is 2.81 bits per heavy atom. The van der Waals surface area contributed by atoms with E-state index in [4.69, 9.17) is 4.74 Å². The zero-order valence-corrected chi connectivity index (χ0v) is 17.3. The number of aromatic nitrogens is 1. The Bertz CT molecular complexity index is 1220. The van der Waals surface area contributed by atoms with Crippen LogP contribution < -0.4 is 9.75 Å². The fraction of sp³-hybridized carbons (Fsp3) is 0.150. The number of nitrogens with zero attached hydrogens (tertiary/aromatic N) is 6. The van der Waals surface area contributed by atoms with Crippen molar-refractivity contribution in [2.24, 2.45) is 15.3 Å². The topological polar surface area (TPSA) is 123 Å². The van der Waals surface area contributed by atoms with Gasteiger partial charge in [-0.2, -0.15) is 20.3 Å². The second-order valence-electron chi connectivity index (χ2n) is 6.50. The van der Waals surface area contributed by atoms with Gasteiger partial charge in [-0.3, -0.25) is 14.9 Å². The van der Waals surface area contributed by atoms with Crippen molar-refractivity contribution in [1.29, 1.82) is 0 Å². The lowest BCUT2D eigenvalue weighted by atomic mass is 10.1. The molecule has 3 aromatic rings. The average molecular weight is 436 g/mol. The highest BCUT2D eigenvalue weighted by atomic mass is 32.1. The molecule has 0 fully saturated rings. The van der Waals surface area contributed by atoms with Gasteiger partial charge in [-0.25, -0.2) is 4.98 Å². The second-order valence-corrected chi connectivity index (χ2v) is 7.34. The van der Waals surface area contributed by atoms with E-state index in [2.05, 4.69) is 20.3 Å². The molecule has 31 heavy (non-hydrogen) atoms.